The lowest BCUT2D eigenvalue weighted by Gasteiger charge is -2.24. The van der Waals surface area contributed by atoms with Gasteiger partial charge in [0.15, 0.2) is 15.0 Å². The quantitative estimate of drug-likeness (QED) is 0.672. The smallest absolute Gasteiger partial charge is 0.248 e. The van der Waals surface area contributed by atoms with Gasteiger partial charge in [-0.3, -0.25) is 4.79 Å². The van der Waals surface area contributed by atoms with Crippen molar-refractivity contribution in [2.24, 2.45) is 4.99 Å². The number of benzene rings is 1. The van der Waals surface area contributed by atoms with Crippen molar-refractivity contribution in [1.29, 1.82) is 0 Å². The lowest BCUT2D eigenvalue weighted by molar-refractivity contribution is -0.305. The van der Waals surface area contributed by atoms with E-state index < -0.39 is 28.1 Å². The second-order valence-corrected chi connectivity index (χ2v) is 9.39. The number of ether oxygens (including phenoxy) is 1. The molecule has 0 N–H and O–H groups in total. The van der Waals surface area contributed by atoms with Gasteiger partial charge in [-0.1, -0.05) is 17.8 Å². The van der Waals surface area contributed by atoms with E-state index in [4.69, 9.17) is 4.74 Å². The summed E-state index contributed by atoms with van der Waals surface area (Å²) in [6.07, 6.45) is -0.660. The number of methoxy groups -OCH3 is 1. The Bertz CT molecular complexity index is 867. The third kappa shape index (κ3) is 4.01. The maximum Gasteiger partial charge on any atom is 0.248 e. The zero-order valence-corrected chi connectivity index (χ0v) is 15.6. The Labute approximate surface area is 155 Å². The largest absolute Gasteiger partial charge is 0.550 e. The number of thioether (sulfide) groups is 1. The first-order chi connectivity index (χ1) is 12.3. The number of fused-ring (bicyclic) bond motifs is 1. The van der Waals surface area contributed by atoms with Gasteiger partial charge in [-0.15, -0.1) is 0 Å². The van der Waals surface area contributed by atoms with E-state index in [-0.39, 0.29) is 29.2 Å². The Morgan fingerprint density at radius 3 is 2.81 bits per heavy atom. The summed E-state index contributed by atoms with van der Waals surface area (Å²) in [5.41, 5.74) is 0.674. The number of sulfone groups is 1. The first-order valence-electron chi connectivity index (χ1n) is 7.91. The van der Waals surface area contributed by atoms with Gasteiger partial charge in [-0.05, 0) is 18.6 Å². The van der Waals surface area contributed by atoms with E-state index in [1.165, 1.54) is 18.9 Å². The number of aliphatic carboxylic acids is 1. The molecular formula is C16H17N2O6S2-. The summed E-state index contributed by atoms with van der Waals surface area (Å²) in [5.74, 6) is -1.29. The molecule has 0 aliphatic carbocycles. The van der Waals surface area contributed by atoms with Crippen LogP contribution in [0.15, 0.2) is 29.3 Å². The fourth-order valence-electron chi connectivity index (χ4n) is 3.00. The molecular weight excluding hydrogens is 380 g/mol. The summed E-state index contributed by atoms with van der Waals surface area (Å²) in [6.45, 7) is 0. The molecule has 2 saturated heterocycles. The average molecular weight is 397 g/mol. The number of nitrogens with zero attached hydrogens (tertiary/aromatic N) is 2. The number of carboxylic acids is 1. The summed E-state index contributed by atoms with van der Waals surface area (Å²) in [4.78, 5) is 28.3. The maximum absolute atomic E-state index is 12.0. The number of hydrogen-bond donors (Lipinski definition) is 0. The summed E-state index contributed by atoms with van der Waals surface area (Å²) in [6, 6.07) is 6.74. The van der Waals surface area contributed by atoms with Gasteiger partial charge in [-0.25, -0.2) is 8.42 Å². The number of amides is 1. The third-order valence-corrected chi connectivity index (χ3v) is 7.37. The number of carbonyl (C=O) groups is 2. The second-order valence-electron chi connectivity index (χ2n) is 6.03. The van der Waals surface area contributed by atoms with E-state index >= 15 is 0 Å². The molecule has 2 fully saturated rings. The van der Waals surface area contributed by atoms with Crippen LogP contribution in [0.3, 0.4) is 0 Å². The van der Waals surface area contributed by atoms with Gasteiger partial charge >= 0.3 is 0 Å². The van der Waals surface area contributed by atoms with E-state index in [9.17, 15) is 23.1 Å². The number of anilines is 1. The molecule has 2 aliphatic heterocycles. The van der Waals surface area contributed by atoms with Crippen LogP contribution in [0.2, 0.25) is 0 Å². The summed E-state index contributed by atoms with van der Waals surface area (Å²) in [5, 5.41) is 10.7. The second kappa shape index (κ2) is 7.28. The van der Waals surface area contributed by atoms with Crippen LogP contribution in [0.4, 0.5) is 5.69 Å². The highest BCUT2D eigenvalue weighted by Crippen LogP contribution is 2.41. The lowest BCUT2D eigenvalue weighted by Crippen LogP contribution is -2.37. The maximum atomic E-state index is 12.0. The molecule has 140 valence electrons. The monoisotopic (exact) mass is 397 g/mol. The predicted molar refractivity (Wildman–Crippen MR) is 96.0 cm³/mol. The van der Waals surface area contributed by atoms with Crippen LogP contribution in [0.25, 0.3) is 0 Å². The topological polar surface area (TPSA) is 116 Å². The van der Waals surface area contributed by atoms with Crippen LogP contribution >= 0.6 is 11.8 Å². The zero-order valence-electron chi connectivity index (χ0n) is 14.0. The highest BCUT2D eigenvalue weighted by Gasteiger charge is 2.49. The van der Waals surface area contributed by atoms with Gasteiger partial charge in [0.2, 0.25) is 5.91 Å². The summed E-state index contributed by atoms with van der Waals surface area (Å²) in [7, 11) is -1.63. The van der Waals surface area contributed by atoms with Crippen LogP contribution in [-0.4, -0.2) is 55.4 Å². The van der Waals surface area contributed by atoms with Crippen molar-refractivity contribution in [2.75, 3.05) is 23.5 Å². The Kier molecular flexibility index (Phi) is 5.24. The number of rotatable bonds is 5. The standard InChI is InChI=1S/C16H18N2O6S2/c1-24-11-4-2-3-10(7-11)18-12-8-26(22,23)9-13(12)25-16(18)17-14(19)5-6-15(20)21/h2-4,7,12-13H,5-6,8-9H2,1H3,(H,20,21)/p-1/t12-,13-/m1/s1. The van der Waals surface area contributed by atoms with Crippen LogP contribution in [0, 0.1) is 0 Å². The van der Waals surface area contributed by atoms with Gasteiger partial charge in [0, 0.05) is 29.4 Å². The molecule has 2 aliphatic rings. The predicted octanol–water partition coefficient (Wildman–Crippen LogP) is -0.173. The Hall–Kier alpha value is -2.07. The molecule has 1 amide bonds. The number of carboxylic acid groups (broad SMARTS) is 1. The van der Waals surface area contributed by atoms with Gasteiger partial charge in [0.05, 0.1) is 24.7 Å². The van der Waals surface area contributed by atoms with Gasteiger partial charge in [0.25, 0.3) is 0 Å². The first-order valence-corrected chi connectivity index (χ1v) is 10.6. The molecule has 1 aromatic carbocycles. The van der Waals surface area contributed by atoms with E-state index in [0.29, 0.717) is 16.6 Å². The zero-order chi connectivity index (χ0) is 18.9. The molecule has 1 aromatic rings. The first kappa shape index (κ1) is 18.7. The highest BCUT2D eigenvalue weighted by molar-refractivity contribution is 8.16. The molecule has 0 aromatic heterocycles. The molecule has 0 unspecified atom stereocenters. The Morgan fingerprint density at radius 2 is 2.12 bits per heavy atom. The van der Waals surface area contributed by atoms with Crippen molar-refractivity contribution in [3.8, 4) is 5.75 Å². The van der Waals surface area contributed by atoms with Crippen LogP contribution in [0.5, 0.6) is 5.75 Å². The Balaban J connectivity index is 1.93. The minimum absolute atomic E-state index is 0.0197. The van der Waals surface area contributed by atoms with E-state index in [1.54, 1.807) is 29.2 Å². The van der Waals surface area contributed by atoms with Crippen LogP contribution in [0.1, 0.15) is 12.8 Å². The minimum atomic E-state index is -3.16. The van der Waals surface area contributed by atoms with E-state index in [0.717, 1.165) is 0 Å². The van der Waals surface area contributed by atoms with Crippen molar-refractivity contribution < 1.29 is 27.9 Å². The summed E-state index contributed by atoms with van der Waals surface area (Å²) < 4.78 is 29.2. The van der Waals surface area contributed by atoms with Crippen molar-refractivity contribution in [1.82, 2.24) is 0 Å². The number of carbonyl (C=O) groups excluding carboxylic acids is 2. The van der Waals surface area contributed by atoms with Gasteiger partial charge in [-0.2, -0.15) is 4.99 Å². The van der Waals surface area contributed by atoms with Crippen molar-refractivity contribution in [3.63, 3.8) is 0 Å². The molecule has 26 heavy (non-hydrogen) atoms. The molecule has 0 radical (unpaired) electrons. The minimum Gasteiger partial charge on any atom is -0.550 e. The van der Waals surface area contributed by atoms with E-state index in [2.05, 4.69) is 4.99 Å². The van der Waals surface area contributed by atoms with Crippen molar-refractivity contribution in [3.05, 3.63) is 24.3 Å². The van der Waals surface area contributed by atoms with Gasteiger partial charge in [0.1, 0.15) is 5.75 Å². The fraction of sp³-hybridized carbons (Fsp3) is 0.438. The average Bonchev–Trinajstić information content (AvgIpc) is 3.03. The molecule has 2 atom stereocenters. The molecule has 2 heterocycles. The van der Waals surface area contributed by atoms with Crippen molar-refractivity contribution in [2.45, 2.75) is 24.1 Å². The highest BCUT2D eigenvalue weighted by atomic mass is 32.2. The molecule has 10 heteroatoms. The molecule has 3 rings (SSSR count). The molecule has 8 nitrogen and oxygen atoms in total. The molecule has 0 spiro atoms. The SMILES string of the molecule is COc1cccc(N2C(=NC(=O)CCC(=O)[O-])S[C@@H]3CS(=O)(=O)C[C@H]32)c1. The normalized spacial score (nSPS) is 25.3. The molecule has 0 bridgehead atoms. The van der Waals surface area contributed by atoms with Crippen LogP contribution < -0.4 is 14.7 Å². The number of hydrogen-bond acceptors (Lipinski definition) is 7. The lowest BCUT2D eigenvalue weighted by atomic mass is 10.2. The van der Waals surface area contributed by atoms with Crippen molar-refractivity contribution >= 4 is 44.3 Å². The summed E-state index contributed by atoms with van der Waals surface area (Å²) >= 11 is 1.23. The third-order valence-electron chi connectivity index (χ3n) is 4.16. The number of amidine groups is 1. The fourth-order valence-corrected chi connectivity index (χ4v) is 6.93. The number of aliphatic imine (C=N–C) groups is 1. The van der Waals surface area contributed by atoms with Gasteiger partial charge < -0.3 is 19.5 Å². The van der Waals surface area contributed by atoms with E-state index in [1.807, 2.05) is 0 Å². The Morgan fingerprint density at radius 1 is 1.35 bits per heavy atom. The molecule has 0 saturated carbocycles. The van der Waals surface area contributed by atoms with Crippen LogP contribution in [-0.2, 0) is 19.4 Å².